The van der Waals surface area contributed by atoms with Crippen LogP contribution in [0, 0.1) is 21.4 Å². The highest BCUT2D eigenvalue weighted by molar-refractivity contribution is 5.76. The average molecular weight is 245 g/mol. The van der Waals surface area contributed by atoms with Crippen LogP contribution in [0.4, 0.5) is 0 Å². The summed E-state index contributed by atoms with van der Waals surface area (Å²) in [6.07, 6.45) is 2.41. The Kier molecular flexibility index (Phi) is 4.31. The third-order valence-electron chi connectivity index (χ3n) is 3.64. The van der Waals surface area contributed by atoms with E-state index in [1.54, 1.807) is 0 Å². The first kappa shape index (κ1) is 13.7. The number of carbonyl (C=O) groups is 1. The first-order chi connectivity index (χ1) is 7.87. The summed E-state index contributed by atoms with van der Waals surface area (Å²) >= 11 is 0. The molecular formula is C11H19NO5. The third kappa shape index (κ3) is 3.31. The van der Waals surface area contributed by atoms with Gasteiger partial charge in [-0.3, -0.25) is 4.79 Å². The average Bonchev–Trinajstić information content (AvgIpc) is 2.27. The lowest BCUT2D eigenvalue weighted by Gasteiger charge is -2.36. The predicted octanol–water partition coefficient (Wildman–Crippen LogP) is 1.95. The first-order valence-electron chi connectivity index (χ1n) is 5.77. The van der Waals surface area contributed by atoms with E-state index in [0.717, 1.165) is 12.8 Å². The molecule has 0 bridgehead atoms. The number of hydrogen-bond donors (Lipinski definition) is 0. The van der Waals surface area contributed by atoms with E-state index >= 15 is 0 Å². The molecule has 0 radical (unpaired) electrons. The second kappa shape index (κ2) is 5.33. The fraction of sp³-hybridized carbons (Fsp3) is 0.909. The van der Waals surface area contributed by atoms with Crippen LogP contribution in [0.15, 0.2) is 0 Å². The van der Waals surface area contributed by atoms with Crippen LogP contribution in [-0.4, -0.2) is 24.3 Å². The highest BCUT2D eigenvalue weighted by atomic mass is 17.0. The van der Waals surface area contributed by atoms with Crippen LogP contribution < -0.4 is 0 Å². The molecule has 0 saturated heterocycles. The number of ether oxygens (including phenoxy) is 1. The molecule has 6 nitrogen and oxygen atoms in total. The Morgan fingerprint density at radius 2 is 1.82 bits per heavy atom. The summed E-state index contributed by atoms with van der Waals surface area (Å²) in [5.41, 5.74) is -0.533. The lowest BCUT2D eigenvalue weighted by Crippen LogP contribution is -2.37. The standard InChI is InChI=1S/C11H19NO5/c1-11(2,10(13)16-3)8-4-6-9(7-5-8)17-12(14)15/h8-9H,4-7H2,1-3H3. The maximum Gasteiger partial charge on any atom is 0.311 e. The number of esters is 1. The second-order valence-corrected chi connectivity index (χ2v) is 5.02. The fourth-order valence-electron chi connectivity index (χ4n) is 2.44. The van der Waals surface area contributed by atoms with Gasteiger partial charge >= 0.3 is 5.97 Å². The van der Waals surface area contributed by atoms with Crippen molar-refractivity contribution in [2.24, 2.45) is 11.3 Å². The molecule has 0 heterocycles. The predicted molar refractivity (Wildman–Crippen MR) is 59.6 cm³/mol. The molecule has 1 saturated carbocycles. The van der Waals surface area contributed by atoms with Crippen LogP contribution in [0.5, 0.6) is 0 Å². The zero-order valence-corrected chi connectivity index (χ0v) is 10.5. The van der Waals surface area contributed by atoms with Gasteiger partial charge in [0, 0.05) is 0 Å². The van der Waals surface area contributed by atoms with Crippen LogP contribution in [0.3, 0.4) is 0 Å². The normalized spacial score (nSPS) is 25.1. The van der Waals surface area contributed by atoms with Crippen LogP contribution in [0.2, 0.25) is 0 Å². The highest BCUT2D eigenvalue weighted by Crippen LogP contribution is 2.39. The number of methoxy groups -OCH3 is 1. The molecule has 0 unspecified atom stereocenters. The topological polar surface area (TPSA) is 78.7 Å². The molecule has 1 rings (SSSR count). The van der Waals surface area contributed by atoms with Gasteiger partial charge in [0.25, 0.3) is 5.09 Å². The summed E-state index contributed by atoms with van der Waals surface area (Å²) in [4.78, 5) is 26.4. The smallest absolute Gasteiger partial charge is 0.311 e. The largest absolute Gasteiger partial charge is 0.469 e. The van der Waals surface area contributed by atoms with E-state index in [0.29, 0.717) is 12.8 Å². The molecule has 0 amide bonds. The molecular weight excluding hydrogens is 226 g/mol. The van der Waals surface area contributed by atoms with Gasteiger partial charge < -0.3 is 9.57 Å². The van der Waals surface area contributed by atoms with Crippen molar-refractivity contribution < 1.29 is 19.5 Å². The van der Waals surface area contributed by atoms with E-state index in [4.69, 9.17) is 4.74 Å². The molecule has 98 valence electrons. The molecule has 1 aliphatic carbocycles. The molecule has 0 atom stereocenters. The SMILES string of the molecule is COC(=O)C(C)(C)C1CCC(O[N+](=O)[O-])CC1. The quantitative estimate of drug-likeness (QED) is 0.429. The van der Waals surface area contributed by atoms with Crippen molar-refractivity contribution in [3.8, 4) is 0 Å². The third-order valence-corrected chi connectivity index (χ3v) is 3.64. The molecule has 17 heavy (non-hydrogen) atoms. The monoisotopic (exact) mass is 245 g/mol. The lowest BCUT2D eigenvalue weighted by molar-refractivity contribution is -0.769. The molecule has 0 aliphatic heterocycles. The van der Waals surface area contributed by atoms with Gasteiger partial charge in [-0.25, -0.2) is 0 Å². The Bertz CT molecular complexity index is 294. The van der Waals surface area contributed by atoms with E-state index in [2.05, 4.69) is 4.84 Å². The zero-order chi connectivity index (χ0) is 13.1. The van der Waals surface area contributed by atoms with Gasteiger partial charge in [0.1, 0.15) is 6.10 Å². The molecule has 6 heteroatoms. The number of rotatable bonds is 4. The number of nitrogens with zero attached hydrogens (tertiary/aromatic N) is 1. The molecule has 0 aromatic heterocycles. The summed E-state index contributed by atoms with van der Waals surface area (Å²) < 4.78 is 4.78. The van der Waals surface area contributed by atoms with Crippen molar-refractivity contribution >= 4 is 5.97 Å². The van der Waals surface area contributed by atoms with Gasteiger partial charge in [-0.1, -0.05) is 0 Å². The van der Waals surface area contributed by atoms with Crippen molar-refractivity contribution in [2.75, 3.05) is 7.11 Å². The number of carbonyl (C=O) groups excluding carboxylic acids is 1. The van der Waals surface area contributed by atoms with Gasteiger partial charge in [-0.2, -0.15) is 0 Å². The van der Waals surface area contributed by atoms with Crippen LogP contribution in [-0.2, 0) is 14.4 Å². The van der Waals surface area contributed by atoms with Crippen molar-refractivity contribution in [1.82, 2.24) is 0 Å². The fourth-order valence-corrected chi connectivity index (χ4v) is 2.44. The molecule has 0 aromatic rings. The van der Waals surface area contributed by atoms with E-state index in [1.807, 2.05) is 13.8 Å². The summed E-state index contributed by atoms with van der Waals surface area (Å²) in [7, 11) is 1.38. The number of hydrogen-bond acceptors (Lipinski definition) is 5. The second-order valence-electron chi connectivity index (χ2n) is 5.02. The van der Waals surface area contributed by atoms with Gasteiger partial charge in [-0.05, 0) is 45.4 Å². The minimum atomic E-state index is -0.740. The molecule has 1 aliphatic rings. The first-order valence-corrected chi connectivity index (χ1v) is 5.77. The molecule has 0 aromatic carbocycles. The Labute approximate surface area is 100 Å². The zero-order valence-electron chi connectivity index (χ0n) is 10.5. The Balaban J connectivity index is 2.51. The summed E-state index contributed by atoms with van der Waals surface area (Å²) in [6.45, 7) is 3.72. The van der Waals surface area contributed by atoms with Crippen LogP contribution in [0.1, 0.15) is 39.5 Å². The van der Waals surface area contributed by atoms with Gasteiger partial charge in [0.2, 0.25) is 0 Å². The summed E-state index contributed by atoms with van der Waals surface area (Å²) in [6, 6.07) is 0. The molecule has 1 fully saturated rings. The van der Waals surface area contributed by atoms with Gasteiger partial charge in [0.05, 0.1) is 12.5 Å². The van der Waals surface area contributed by atoms with Gasteiger partial charge in [0.15, 0.2) is 0 Å². The van der Waals surface area contributed by atoms with E-state index < -0.39 is 10.5 Å². The van der Waals surface area contributed by atoms with Crippen molar-refractivity contribution in [1.29, 1.82) is 0 Å². The maximum atomic E-state index is 11.6. The van der Waals surface area contributed by atoms with Gasteiger partial charge in [-0.15, -0.1) is 10.1 Å². The molecule has 0 spiro atoms. The molecule has 0 N–H and O–H groups in total. The Morgan fingerprint density at radius 1 is 1.29 bits per heavy atom. The Morgan fingerprint density at radius 3 is 2.24 bits per heavy atom. The Hall–Kier alpha value is -1.33. The minimum absolute atomic E-state index is 0.196. The van der Waals surface area contributed by atoms with Crippen molar-refractivity contribution in [3.05, 3.63) is 10.1 Å². The van der Waals surface area contributed by atoms with E-state index in [-0.39, 0.29) is 18.0 Å². The van der Waals surface area contributed by atoms with Crippen molar-refractivity contribution in [3.63, 3.8) is 0 Å². The van der Waals surface area contributed by atoms with E-state index in [1.165, 1.54) is 7.11 Å². The minimum Gasteiger partial charge on any atom is -0.469 e. The van der Waals surface area contributed by atoms with E-state index in [9.17, 15) is 14.9 Å². The summed E-state index contributed by atoms with van der Waals surface area (Å²) in [5, 5.41) is 9.47. The maximum absolute atomic E-state index is 11.6. The van der Waals surface area contributed by atoms with Crippen LogP contribution >= 0.6 is 0 Å². The summed E-state index contributed by atoms with van der Waals surface area (Å²) in [5.74, 6) is -0.0299. The van der Waals surface area contributed by atoms with Crippen molar-refractivity contribution in [2.45, 2.75) is 45.6 Å². The van der Waals surface area contributed by atoms with Crippen LogP contribution in [0.25, 0.3) is 0 Å². The lowest BCUT2D eigenvalue weighted by atomic mass is 9.70. The highest BCUT2D eigenvalue weighted by Gasteiger charge is 2.40.